The quantitative estimate of drug-likeness (QED) is 0.865. The molecule has 1 aromatic heterocycles. The fraction of sp³-hybridized carbons (Fsp3) is 0.357. The first-order valence-electron chi connectivity index (χ1n) is 6.43. The van der Waals surface area contributed by atoms with Gasteiger partial charge >= 0.3 is 11.8 Å². The lowest BCUT2D eigenvalue weighted by molar-refractivity contribution is 0.0910. The van der Waals surface area contributed by atoms with Crippen LogP contribution in [0.3, 0.4) is 0 Å². The van der Waals surface area contributed by atoms with Gasteiger partial charge in [-0.2, -0.15) is 4.98 Å². The van der Waals surface area contributed by atoms with Crippen molar-refractivity contribution in [3.63, 3.8) is 0 Å². The SMILES string of the molecule is COc1ccc(CCNC(=O)c2nc(C)no2)cc1OC. The van der Waals surface area contributed by atoms with Gasteiger partial charge in [0.2, 0.25) is 0 Å². The summed E-state index contributed by atoms with van der Waals surface area (Å²) in [5, 5.41) is 6.29. The lowest BCUT2D eigenvalue weighted by atomic mass is 10.1. The monoisotopic (exact) mass is 291 g/mol. The lowest BCUT2D eigenvalue weighted by Crippen LogP contribution is -2.26. The van der Waals surface area contributed by atoms with E-state index < -0.39 is 0 Å². The van der Waals surface area contributed by atoms with Crippen molar-refractivity contribution in [3.8, 4) is 11.5 Å². The number of carbonyl (C=O) groups is 1. The van der Waals surface area contributed by atoms with Gasteiger partial charge in [0, 0.05) is 6.54 Å². The summed E-state index contributed by atoms with van der Waals surface area (Å²) in [6.45, 7) is 2.11. The summed E-state index contributed by atoms with van der Waals surface area (Å²) < 4.78 is 15.2. The smallest absolute Gasteiger partial charge is 0.315 e. The first-order chi connectivity index (χ1) is 10.1. The number of nitrogens with one attached hydrogen (secondary N) is 1. The van der Waals surface area contributed by atoms with Gasteiger partial charge in [-0.05, 0) is 31.0 Å². The molecule has 0 aliphatic carbocycles. The number of amides is 1. The second-order valence-corrected chi connectivity index (χ2v) is 4.34. The van der Waals surface area contributed by atoms with Crippen LogP contribution in [0.15, 0.2) is 22.7 Å². The van der Waals surface area contributed by atoms with E-state index in [-0.39, 0.29) is 11.8 Å². The molecule has 1 heterocycles. The fourth-order valence-electron chi connectivity index (χ4n) is 1.82. The Hall–Kier alpha value is -2.57. The van der Waals surface area contributed by atoms with E-state index in [9.17, 15) is 4.79 Å². The number of carbonyl (C=O) groups excluding carboxylic acids is 1. The number of aryl methyl sites for hydroxylation is 1. The predicted octanol–water partition coefficient (Wildman–Crippen LogP) is 1.37. The third-order valence-corrected chi connectivity index (χ3v) is 2.87. The Kier molecular flexibility index (Phi) is 4.76. The molecule has 7 heteroatoms. The molecule has 0 fully saturated rings. The molecule has 2 rings (SSSR count). The lowest BCUT2D eigenvalue weighted by Gasteiger charge is -2.09. The number of ether oxygens (including phenoxy) is 2. The zero-order valence-corrected chi connectivity index (χ0v) is 12.2. The van der Waals surface area contributed by atoms with Gasteiger partial charge in [-0.25, -0.2) is 0 Å². The van der Waals surface area contributed by atoms with Crippen LogP contribution in [-0.2, 0) is 6.42 Å². The first-order valence-corrected chi connectivity index (χ1v) is 6.43. The molecular formula is C14H17N3O4. The number of hydrogen-bond acceptors (Lipinski definition) is 6. The molecule has 0 aliphatic rings. The summed E-state index contributed by atoms with van der Waals surface area (Å²) in [5.74, 6) is 1.36. The van der Waals surface area contributed by atoms with Crippen molar-refractivity contribution < 1.29 is 18.8 Å². The van der Waals surface area contributed by atoms with Crippen LogP contribution in [0.5, 0.6) is 11.5 Å². The van der Waals surface area contributed by atoms with Gasteiger partial charge in [0.25, 0.3) is 0 Å². The van der Waals surface area contributed by atoms with Crippen molar-refractivity contribution in [1.29, 1.82) is 0 Å². The van der Waals surface area contributed by atoms with E-state index in [1.807, 2.05) is 18.2 Å². The van der Waals surface area contributed by atoms with E-state index in [2.05, 4.69) is 15.5 Å². The topological polar surface area (TPSA) is 86.5 Å². The number of rotatable bonds is 6. The Morgan fingerprint density at radius 1 is 1.29 bits per heavy atom. The van der Waals surface area contributed by atoms with Crippen molar-refractivity contribution >= 4 is 5.91 Å². The zero-order valence-electron chi connectivity index (χ0n) is 12.2. The first kappa shape index (κ1) is 14.8. The minimum absolute atomic E-state index is 0.0280. The minimum atomic E-state index is -0.379. The number of benzene rings is 1. The number of hydrogen-bond donors (Lipinski definition) is 1. The van der Waals surface area contributed by atoms with Crippen LogP contribution < -0.4 is 14.8 Å². The molecule has 0 saturated carbocycles. The highest BCUT2D eigenvalue weighted by Crippen LogP contribution is 2.27. The van der Waals surface area contributed by atoms with E-state index >= 15 is 0 Å². The number of nitrogens with zero attached hydrogens (tertiary/aromatic N) is 2. The van der Waals surface area contributed by atoms with Gasteiger partial charge in [-0.15, -0.1) is 0 Å². The van der Waals surface area contributed by atoms with Crippen molar-refractivity contribution in [1.82, 2.24) is 15.5 Å². The highest BCUT2D eigenvalue weighted by Gasteiger charge is 2.12. The summed E-state index contributed by atoms with van der Waals surface area (Å²) in [6, 6.07) is 5.63. The molecule has 2 aromatic rings. The summed E-state index contributed by atoms with van der Waals surface area (Å²) in [6.07, 6.45) is 0.652. The van der Waals surface area contributed by atoms with Gasteiger partial charge in [0.05, 0.1) is 14.2 Å². The molecule has 0 saturated heterocycles. The van der Waals surface area contributed by atoms with Gasteiger partial charge in [0.15, 0.2) is 17.3 Å². The van der Waals surface area contributed by atoms with Gasteiger partial charge in [-0.1, -0.05) is 11.2 Å². The van der Waals surface area contributed by atoms with Crippen LogP contribution >= 0.6 is 0 Å². The Balaban J connectivity index is 1.90. The van der Waals surface area contributed by atoms with Gasteiger partial charge < -0.3 is 19.3 Å². The summed E-state index contributed by atoms with van der Waals surface area (Å²) in [4.78, 5) is 15.6. The summed E-state index contributed by atoms with van der Waals surface area (Å²) in [7, 11) is 3.17. The van der Waals surface area contributed by atoms with E-state index in [0.717, 1.165) is 5.56 Å². The molecule has 7 nitrogen and oxygen atoms in total. The molecule has 1 N–H and O–H groups in total. The maximum absolute atomic E-state index is 11.7. The average Bonchev–Trinajstić information content (AvgIpc) is 2.93. The molecule has 0 bridgehead atoms. The average molecular weight is 291 g/mol. The van der Waals surface area contributed by atoms with Crippen LogP contribution in [-0.4, -0.2) is 36.8 Å². The Morgan fingerprint density at radius 3 is 2.67 bits per heavy atom. The predicted molar refractivity (Wildman–Crippen MR) is 74.6 cm³/mol. The molecule has 0 radical (unpaired) electrons. The molecule has 1 amide bonds. The van der Waals surface area contributed by atoms with Crippen LogP contribution in [0.4, 0.5) is 0 Å². The second-order valence-electron chi connectivity index (χ2n) is 4.34. The molecule has 0 spiro atoms. The number of aromatic nitrogens is 2. The van der Waals surface area contributed by atoms with Crippen LogP contribution in [0.1, 0.15) is 22.1 Å². The molecule has 0 atom stereocenters. The molecule has 112 valence electrons. The molecule has 0 unspecified atom stereocenters. The normalized spacial score (nSPS) is 10.2. The Labute approximate surface area is 122 Å². The largest absolute Gasteiger partial charge is 0.493 e. The highest BCUT2D eigenvalue weighted by molar-refractivity contribution is 5.89. The third kappa shape index (κ3) is 3.71. The summed E-state index contributed by atoms with van der Waals surface area (Å²) in [5.41, 5.74) is 1.02. The van der Waals surface area contributed by atoms with Crippen molar-refractivity contribution in [2.75, 3.05) is 20.8 Å². The standard InChI is InChI=1S/C14H17N3O4/c1-9-16-14(21-17-9)13(18)15-7-6-10-4-5-11(19-2)12(8-10)20-3/h4-5,8H,6-7H2,1-3H3,(H,15,18). The maximum Gasteiger partial charge on any atom is 0.315 e. The van der Waals surface area contributed by atoms with Crippen molar-refractivity contribution in [2.24, 2.45) is 0 Å². The Morgan fingerprint density at radius 2 is 2.05 bits per heavy atom. The van der Waals surface area contributed by atoms with E-state index in [1.165, 1.54) is 0 Å². The van der Waals surface area contributed by atoms with Crippen LogP contribution in [0.2, 0.25) is 0 Å². The fourth-order valence-corrected chi connectivity index (χ4v) is 1.82. The second kappa shape index (κ2) is 6.74. The number of methoxy groups -OCH3 is 2. The Bertz CT molecular complexity index is 624. The van der Waals surface area contributed by atoms with Gasteiger partial charge in [-0.3, -0.25) is 4.79 Å². The van der Waals surface area contributed by atoms with E-state index in [4.69, 9.17) is 14.0 Å². The zero-order chi connectivity index (χ0) is 15.2. The van der Waals surface area contributed by atoms with E-state index in [0.29, 0.717) is 30.3 Å². The van der Waals surface area contributed by atoms with Gasteiger partial charge in [0.1, 0.15) is 0 Å². The van der Waals surface area contributed by atoms with E-state index in [1.54, 1.807) is 21.1 Å². The van der Waals surface area contributed by atoms with Crippen molar-refractivity contribution in [2.45, 2.75) is 13.3 Å². The minimum Gasteiger partial charge on any atom is -0.493 e. The highest BCUT2D eigenvalue weighted by atomic mass is 16.5. The molecule has 0 aliphatic heterocycles. The molecule has 1 aromatic carbocycles. The maximum atomic E-state index is 11.7. The van der Waals surface area contributed by atoms with Crippen molar-refractivity contribution in [3.05, 3.63) is 35.5 Å². The summed E-state index contributed by atoms with van der Waals surface area (Å²) >= 11 is 0. The van der Waals surface area contributed by atoms with Crippen LogP contribution in [0.25, 0.3) is 0 Å². The van der Waals surface area contributed by atoms with Crippen LogP contribution in [0, 0.1) is 6.92 Å². The molecule has 21 heavy (non-hydrogen) atoms. The molecular weight excluding hydrogens is 274 g/mol. The third-order valence-electron chi connectivity index (χ3n) is 2.87.